The molecular formula is C12H16LiNO2Si. The van der Waals surface area contributed by atoms with Gasteiger partial charge in [0.1, 0.15) is 0 Å². The minimum Gasteiger partial charge on any atom is -0.499 e. The number of benzene rings is 1. The second kappa shape index (κ2) is 6.78. The molecule has 86 valence electrons. The minimum absolute atomic E-state index is 0. The Morgan fingerprint density at radius 2 is 1.71 bits per heavy atom. The van der Waals surface area contributed by atoms with Gasteiger partial charge in [0.15, 0.2) is 8.32 Å². The smallest absolute Gasteiger partial charge is 0.499 e. The van der Waals surface area contributed by atoms with Gasteiger partial charge in [0.25, 0.3) is 0 Å². The third kappa shape index (κ3) is 5.34. The van der Waals surface area contributed by atoms with Gasteiger partial charge in [-0.15, -0.1) is 5.56 Å². The maximum absolute atomic E-state index is 9.05. The molecule has 3 nitrogen and oxygen atoms in total. The SMILES string of the molecule is COc1ccc([C-](C#N)O[Si](C)(C)C)cc1.[Li+]. The molecule has 0 aliphatic heterocycles. The maximum Gasteiger partial charge on any atom is 1.00 e. The van der Waals surface area contributed by atoms with E-state index in [9.17, 15) is 0 Å². The molecule has 1 aromatic carbocycles. The quantitative estimate of drug-likeness (QED) is 0.548. The van der Waals surface area contributed by atoms with Gasteiger partial charge in [0.05, 0.1) is 18.9 Å². The Morgan fingerprint density at radius 1 is 1.18 bits per heavy atom. The predicted molar refractivity (Wildman–Crippen MR) is 65.4 cm³/mol. The fraction of sp³-hybridized carbons (Fsp3) is 0.333. The van der Waals surface area contributed by atoms with Crippen molar-refractivity contribution in [2.75, 3.05) is 7.11 Å². The zero-order valence-electron chi connectivity index (χ0n) is 11.1. The molecule has 5 heteroatoms. The van der Waals surface area contributed by atoms with Crippen LogP contribution in [0.3, 0.4) is 0 Å². The van der Waals surface area contributed by atoms with Gasteiger partial charge >= 0.3 is 18.9 Å². The third-order valence-corrected chi connectivity index (χ3v) is 2.68. The van der Waals surface area contributed by atoms with Crippen molar-refractivity contribution in [3.8, 4) is 11.8 Å². The summed E-state index contributed by atoms with van der Waals surface area (Å²) in [6.07, 6.45) is 0.391. The Kier molecular flexibility index (Phi) is 6.45. The zero-order valence-corrected chi connectivity index (χ0v) is 12.1. The van der Waals surface area contributed by atoms with Crippen molar-refractivity contribution in [1.82, 2.24) is 0 Å². The topological polar surface area (TPSA) is 42.2 Å². The van der Waals surface area contributed by atoms with Crippen LogP contribution in [-0.4, -0.2) is 15.4 Å². The number of methoxy groups -OCH3 is 1. The third-order valence-electron chi connectivity index (χ3n) is 1.86. The Bertz CT molecular complexity index is 381. The van der Waals surface area contributed by atoms with Gasteiger partial charge in [0.2, 0.25) is 0 Å². The van der Waals surface area contributed by atoms with Crippen LogP contribution >= 0.6 is 0 Å². The van der Waals surface area contributed by atoms with Gasteiger partial charge in [-0.3, -0.25) is 0 Å². The molecular weight excluding hydrogens is 225 g/mol. The normalized spacial score (nSPS) is 10.1. The molecule has 0 heterocycles. The van der Waals surface area contributed by atoms with Crippen LogP contribution in [0.15, 0.2) is 24.3 Å². The molecule has 1 rings (SSSR count). The molecule has 0 fully saturated rings. The molecule has 0 N–H and O–H groups in total. The van der Waals surface area contributed by atoms with Gasteiger partial charge in [-0.1, -0.05) is 12.1 Å². The average Bonchev–Trinajstić information content (AvgIpc) is 2.25. The Hall–Kier alpha value is -0.846. The Morgan fingerprint density at radius 3 is 2.06 bits per heavy atom. The summed E-state index contributed by atoms with van der Waals surface area (Å²) >= 11 is 0. The molecule has 0 aliphatic carbocycles. The van der Waals surface area contributed by atoms with E-state index >= 15 is 0 Å². The Balaban J connectivity index is 0.00000256. The number of hydrogen-bond donors (Lipinski definition) is 0. The first-order valence-corrected chi connectivity index (χ1v) is 8.47. The summed E-state index contributed by atoms with van der Waals surface area (Å²) in [5, 5.41) is 9.05. The van der Waals surface area contributed by atoms with Crippen LogP contribution in [0.2, 0.25) is 19.6 Å². The summed E-state index contributed by atoms with van der Waals surface area (Å²) < 4.78 is 10.8. The van der Waals surface area contributed by atoms with Crippen LogP contribution < -0.4 is 23.6 Å². The van der Waals surface area contributed by atoms with Crippen molar-refractivity contribution in [2.24, 2.45) is 0 Å². The summed E-state index contributed by atoms with van der Waals surface area (Å²) in [6.45, 7) is 6.15. The number of hydrogen-bond acceptors (Lipinski definition) is 3. The summed E-state index contributed by atoms with van der Waals surface area (Å²) in [4.78, 5) is 0. The zero-order chi connectivity index (χ0) is 12.2. The van der Waals surface area contributed by atoms with Crippen LogP contribution in [0, 0.1) is 17.4 Å². The fourth-order valence-electron chi connectivity index (χ4n) is 1.19. The molecule has 0 saturated carbocycles. The average molecular weight is 241 g/mol. The molecule has 0 spiro atoms. The van der Waals surface area contributed by atoms with Gasteiger partial charge in [-0.25, -0.2) is 5.26 Å². The molecule has 0 amide bonds. The molecule has 0 aliphatic rings. The van der Waals surface area contributed by atoms with Gasteiger partial charge < -0.3 is 9.16 Å². The van der Waals surface area contributed by atoms with Crippen molar-refractivity contribution < 1.29 is 28.0 Å². The van der Waals surface area contributed by atoms with E-state index in [0.717, 1.165) is 11.3 Å². The van der Waals surface area contributed by atoms with Gasteiger partial charge in [0, 0.05) is 6.10 Å². The van der Waals surface area contributed by atoms with Gasteiger partial charge in [-0.2, -0.15) is 12.1 Å². The molecule has 0 bridgehead atoms. The van der Waals surface area contributed by atoms with E-state index in [0.29, 0.717) is 6.10 Å². The van der Waals surface area contributed by atoms with E-state index in [2.05, 4.69) is 6.07 Å². The number of nitriles is 1. The standard InChI is InChI=1S/C12H16NO2Si.Li/c1-14-11-7-5-10(6-8-11)12(9-13)15-16(2,3)4;/h5-8H,1-4H3;/q-1;+1. The van der Waals surface area contributed by atoms with Crippen molar-refractivity contribution in [1.29, 1.82) is 5.26 Å². The predicted octanol–water partition coefficient (Wildman–Crippen LogP) is -0.0456. The van der Waals surface area contributed by atoms with Crippen LogP contribution in [-0.2, 0) is 4.43 Å². The minimum atomic E-state index is -1.74. The van der Waals surface area contributed by atoms with Gasteiger partial charge in [-0.05, 0) is 19.6 Å². The fourth-order valence-corrected chi connectivity index (χ4v) is 1.97. The van der Waals surface area contributed by atoms with Crippen molar-refractivity contribution in [3.63, 3.8) is 0 Å². The summed E-state index contributed by atoms with van der Waals surface area (Å²) in [7, 11) is -0.123. The van der Waals surface area contributed by atoms with E-state index in [1.165, 1.54) is 0 Å². The van der Waals surface area contributed by atoms with E-state index in [1.807, 2.05) is 43.9 Å². The number of rotatable bonds is 4. The van der Waals surface area contributed by atoms with E-state index in [-0.39, 0.29) is 18.9 Å². The first kappa shape index (κ1) is 16.2. The molecule has 0 atom stereocenters. The number of ether oxygens (including phenoxy) is 1. The second-order valence-electron chi connectivity index (χ2n) is 4.38. The van der Waals surface area contributed by atoms with E-state index < -0.39 is 8.32 Å². The molecule has 0 radical (unpaired) electrons. The van der Waals surface area contributed by atoms with E-state index in [4.69, 9.17) is 14.4 Å². The first-order chi connectivity index (χ1) is 7.46. The van der Waals surface area contributed by atoms with Crippen LogP contribution in [0.4, 0.5) is 0 Å². The molecule has 1 aromatic rings. The van der Waals surface area contributed by atoms with Crippen molar-refractivity contribution >= 4 is 8.32 Å². The van der Waals surface area contributed by atoms with Crippen molar-refractivity contribution in [3.05, 3.63) is 35.9 Å². The maximum atomic E-state index is 9.05. The second-order valence-corrected chi connectivity index (χ2v) is 8.81. The van der Waals surface area contributed by atoms with Crippen molar-refractivity contribution in [2.45, 2.75) is 19.6 Å². The molecule has 0 unspecified atom stereocenters. The Labute approximate surface area is 116 Å². The summed E-state index contributed by atoms with van der Waals surface area (Å²) in [5.41, 5.74) is 0.797. The van der Waals surface area contributed by atoms with E-state index in [1.54, 1.807) is 7.11 Å². The summed E-state index contributed by atoms with van der Waals surface area (Å²) in [6, 6.07) is 9.40. The van der Waals surface area contributed by atoms with Crippen LogP contribution in [0.1, 0.15) is 5.56 Å². The number of nitrogens with zero attached hydrogens (tertiary/aromatic N) is 1. The molecule has 17 heavy (non-hydrogen) atoms. The largest absolute Gasteiger partial charge is 1.00 e. The molecule has 0 saturated heterocycles. The van der Waals surface area contributed by atoms with Crippen LogP contribution in [0.25, 0.3) is 0 Å². The molecule has 0 aromatic heterocycles. The summed E-state index contributed by atoms with van der Waals surface area (Å²) in [5.74, 6) is 0.772. The van der Waals surface area contributed by atoms with Crippen LogP contribution in [0.5, 0.6) is 5.75 Å². The monoisotopic (exact) mass is 241 g/mol. The first-order valence-electron chi connectivity index (χ1n) is 5.07.